The molecule has 2 bridgehead atoms. The third-order valence-corrected chi connectivity index (χ3v) is 5.16. The van der Waals surface area contributed by atoms with E-state index >= 15 is 0 Å². The first-order valence-corrected chi connectivity index (χ1v) is 11.0. The Morgan fingerprint density at radius 1 is 0.867 bits per heavy atom. The van der Waals surface area contributed by atoms with Gasteiger partial charge in [0.05, 0.1) is 11.3 Å². The maximum atomic E-state index is 12.0. The first-order valence-electron chi connectivity index (χ1n) is 11.0. The zero-order valence-electron chi connectivity index (χ0n) is 17.4. The molecule has 0 saturated carbocycles. The van der Waals surface area contributed by atoms with Crippen LogP contribution in [-0.4, -0.2) is 51.7 Å². The lowest BCUT2D eigenvalue weighted by molar-refractivity contribution is -0.129. The molecule has 0 radical (unpaired) electrons. The summed E-state index contributed by atoms with van der Waals surface area (Å²) in [7, 11) is 0. The van der Waals surface area contributed by atoms with Gasteiger partial charge in [-0.3, -0.25) is 9.78 Å². The Hall–Kier alpha value is -2.74. The Balaban J connectivity index is 1.68. The van der Waals surface area contributed by atoms with Crippen molar-refractivity contribution in [3.63, 3.8) is 0 Å². The van der Waals surface area contributed by atoms with Crippen LogP contribution in [0.5, 0.6) is 0 Å². The minimum atomic E-state index is -0.939. The molecule has 1 unspecified atom stereocenters. The first kappa shape index (κ1) is 22.0. The molecular weight excluding hydrogens is 380 g/mol. The second-order valence-electron chi connectivity index (χ2n) is 7.59. The Labute approximate surface area is 177 Å². The summed E-state index contributed by atoms with van der Waals surface area (Å²) in [6, 6.07) is 5.76. The molecule has 1 aliphatic rings. The molecule has 1 aliphatic heterocycles. The average molecular weight is 413 g/mol. The number of hydrogen-bond donors (Lipinski definition) is 4. The SMILES string of the molecule is O=C1NCCCCCCCNc2ncc(-c3ccccn3)c(n2)NCCCCC1O. The maximum absolute atomic E-state index is 12.0. The van der Waals surface area contributed by atoms with E-state index in [4.69, 9.17) is 0 Å². The number of nitrogens with zero attached hydrogens (tertiary/aromatic N) is 3. The van der Waals surface area contributed by atoms with E-state index in [1.807, 2.05) is 18.2 Å². The molecule has 3 heterocycles. The predicted octanol–water partition coefficient (Wildman–Crippen LogP) is 2.97. The van der Waals surface area contributed by atoms with Gasteiger partial charge in [-0.15, -0.1) is 0 Å². The lowest BCUT2D eigenvalue weighted by Gasteiger charge is -2.13. The van der Waals surface area contributed by atoms with Crippen LogP contribution in [0.3, 0.4) is 0 Å². The van der Waals surface area contributed by atoms with E-state index in [9.17, 15) is 9.90 Å². The lowest BCUT2D eigenvalue weighted by atomic mass is 10.1. The fourth-order valence-electron chi connectivity index (χ4n) is 3.42. The molecule has 2 aromatic rings. The molecule has 30 heavy (non-hydrogen) atoms. The van der Waals surface area contributed by atoms with Gasteiger partial charge in [-0.1, -0.05) is 25.3 Å². The fourth-order valence-corrected chi connectivity index (χ4v) is 3.42. The van der Waals surface area contributed by atoms with Crippen LogP contribution in [0.25, 0.3) is 11.3 Å². The van der Waals surface area contributed by atoms with Crippen LogP contribution in [0.2, 0.25) is 0 Å². The van der Waals surface area contributed by atoms with E-state index in [0.717, 1.165) is 68.6 Å². The van der Waals surface area contributed by atoms with Crippen LogP contribution in [0.15, 0.2) is 30.6 Å². The van der Waals surface area contributed by atoms with Crippen LogP contribution >= 0.6 is 0 Å². The minimum Gasteiger partial charge on any atom is -0.383 e. The van der Waals surface area contributed by atoms with E-state index < -0.39 is 6.10 Å². The second-order valence-corrected chi connectivity index (χ2v) is 7.59. The van der Waals surface area contributed by atoms with E-state index in [1.165, 1.54) is 0 Å². The second kappa shape index (κ2) is 12.1. The molecule has 0 aliphatic carbocycles. The highest BCUT2D eigenvalue weighted by molar-refractivity contribution is 5.80. The highest BCUT2D eigenvalue weighted by Crippen LogP contribution is 2.25. The van der Waals surface area contributed by atoms with Gasteiger partial charge >= 0.3 is 0 Å². The summed E-state index contributed by atoms with van der Waals surface area (Å²) in [5.74, 6) is 1.09. The van der Waals surface area contributed by atoms with Crippen molar-refractivity contribution < 1.29 is 9.90 Å². The van der Waals surface area contributed by atoms with Gasteiger partial charge in [-0.05, 0) is 44.2 Å². The van der Waals surface area contributed by atoms with Gasteiger partial charge < -0.3 is 21.1 Å². The van der Waals surface area contributed by atoms with E-state index in [1.54, 1.807) is 12.4 Å². The van der Waals surface area contributed by atoms with Crippen LogP contribution in [0.1, 0.15) is 51.4 Å². The molecule has 0 aromatic carbocycles. The quantitative estimate of drug-likeness (QED) is 0.570. The molecule has 8 nitrogen and oxygen atoms in total. The fraction of sp³-hybridized carbons (Fsp3) is 0.545. The lowest BCUT2D eigenvalue weighted by Crippen LogP contribution is -2.35. The number of amides is 1. The van der Waals surface area contributed by atoms with Gasteiger partial charge in [-0.2, -0.15) is 4.98 Å². The monoisotopic (exact) mass is 412 g/mol. The molecule has 162 valence electrons. The van der Waals surface area contributed by atoms with E-state index in [-0.39, 0.29) is 5.91 Å². The first-order chi connectivity index (χ1) is 14.7. The molecule has 1 amide bonds. The molecule has 2 aromatic heterocycles. The number of aromatic nitrogens is 3. The Kier molecular flexibility index (Phi) is 8.83. The summed E-state index contributed by atoms with van der Waals surface area (Å²) in [6.45, 7) is 2.14. The smallest absolute Gasteiger partial charge is 0.248 e. The molecule has 8 heteroatoms. The normalized spacial score (nSPS) is 19.9. The third-order valence-electron chi connectivity index (χ3n) is 5.16. The molecule has 0 saturated heterocycles. The number of aliphatic hydroxyl groups is 1. The van der Waals surface area contributed by atoms with Crippen molar-refractivity contribution in [1.29, 1.82) is 0 Å². The summed E-state index contributed by atoms with van der Waals surface area (Å²) in [4.78, 5) is 25.5. The molecule has 0 fully saturated rings. The standard InChI is InChI=1S/C22H32N6O2/c29-19-11-5-9-13-24-20-17(18-10-4-8-12-23-18)16-27-22(28-20)26-15-7-3-1-2-6-14-25-21(19)30/h4,8,10,12,16,19,29H,1-3,5-7,9,11,13-15H2,(H,25,30)(H2,24,26,27,28). The number of rotatable bonds is 1. The molecular formula is C22H32N6O2. The Morgan fingerprint density at radius 3 is 2.40 bits per heavy atom. The van der Waals surface area contributed by atoms with Crippen LogP contribution in [0.4, 0.5) is 11.8 Å². The van der Waals surface area contributed by atoms with Crippen LogP contribution in [-0.2, 0) is 4.79 Å². The van der Waals surface area contributed by atoms with Crippen molar-refractivity contribution in [3.8, 4) is 11.3 Å². The number of nitrogens with one attached hydrogen (secondary N) is 3. The van der Waals surface area contributed by atoms with Gasteiger partial charge in [0.2, 0.25) is 11.9 Å². The number of carbonyl (C=O) groups is 1. The van der Waals surface area contributed by atoms with Crippen molar-refractivity contribution in [2.24, 2.45) is 0 Å². The van der Waals surface area contributed by atoms with Crippen LogP contribution < -0.4 is 16.0 Å². The summed E-state index contributed by atoms with van der Waals surface area (Å²) in [5.41, 5.74) is 1.67. The van der Waals surface area contributed by atoms with Crippen molar-refractivity contribution in [2.75, 3.05) is 30.3 Å². The van der Waals surface area contributed by atoms with Crippen LogP contribution in [0, 0.1) is 0 Å². The average Bonchev–Trinajstić information content (AvgIpc) is 2.77. The summed E-state index contributed by atoms with van der Waals surface area (Å²) in [5, 5.41) is 19.6. The summed E-state index contributed by atoms with van der Waals surface area (Å²) < 4.78 is 0. The third kappa shape index (κ3) is 6.95. The summed E-state index contributed by atoms with van der Waals surface area (Å²) in [6.07, 6.45) is 9.92. The number of hydrogen-bond acceptors (Lipinski definition) is 7. The van der Waals surface area contributed by atoms with Crippen molar-refractivity contribution in [2.45, 2.75) is 57.5 Å². The Morgan fingerprint density at radius 2 is 1.60 bits per heavy atom. The van der Waals surface area contributed by atoms with Gasteiger partial charge in [-0.25, -0.2) is 4.98 Å². The van der Waals surface area contributed by atoms with Crippen molar-refractivity contribution in [1.82, 2.24) is 20.3 Å². The maximum Gasteiger partial charge on any atom is 0.248 e. The van der Waals surface area contributed by atoms with Gasteiger partial charge in [0.1, 0.15) is 11.9 Å². The molecule has 3 rings (SSSR count). The zero-order chi connectivity index (χ0) is 21.0. The molecule has 0 spiro atoms. The number of pyridine rings is 1. The largest absolute Gasteiger partial charge is 0.383 e. The van der Waals surface area contributed by atoms with E-state index in [2.05, 4.69) is 30.9 Å². The van der Waals surface area contributed by atoms with Gasteiger partial charge in [0.25, 0.3) is 0 Å². The van der Waals surface area contributed by atoms with Gasteiger partial charge in [0.15, 0.2) is 0 Å². The predicted molar refractivity (Wildman–Crippen MR) is 118 cm³/mol. The molecule has 4 N–H and O–H groups in total. The Bertz CT molecular complexity index is 786. The van der Waals surface area contributed by atoms with Gasteiger partial charge in [0, 0.05) is 32.0 Å². The number of fused-ring (bicyclic) bond motifs is 2. The minimum absolute atomic E-state index is 0.261. The van der Waals surface area contributed by atoms with Crippen molar-refractivity contribution >= 4 is 17.7 Å². The number of carbonyl (C=O) groups excluding carboxylic acids is 1. The zero-order valence-corrected chi connectivity index (χ0v) is 17.4. The molecule has 1 atom stereocenters. The van der Waals surface area contributed by atoms with Crippen molar-refractivity contribution in [3.05, 3.63) is 30.6 Å². The topological polar surface area (TPSA) is 112 Å². The highest BCUT2D eigenvalue weighted by Gasteiger charge is 2.14. The summed E-state index contributed by atoms with van der Waals surface area (Å²) >= 11 is 0. The highest BCUT2D eigenvalue weighted by atomic mass is 16.3. The number of aliphatic hydroxyl groups excluding tert-OH is 1. The van der Waals surface area contributed by atoms with E-state index in [0.29, 0.717) is 25.5 Å². The number of anilines is 2.